The number of nitrogens with one attached hydrogen (secondary N) is 1. The highest BCUT2D eigenvalue weighted by Gasteiger charge is 2.31. The zero-order valence-corrected chi connectivity index (χ0v) is 11.9. The average molecular weight is 285 g/mol. The van der Waals surface area contributed by atoms with Crippen LogP contribution in [0.5, 0.6) is 0 Å². The molecule has 0 bridgehead atoms. The minimum absolute atomic E-state index is 0.0847. The van der Waals surface area contributed by atoms with Gasteiger partial charge in [0, 0.05) is 18.3 Å². The molecule has 19 heavy (non-hydrogen) atoms. The van der Waals surface area contributed by atoms with E-state index in [1.807, 2.05) is 0 Å². The van der Waals surface area contributed by atoms with Gasteiger partial charge in [-0.1, -0.05) is 6.92 Å². The van der Waals surface area contributed by atoms with Crippen LogP contribution in [0, 0.1) is 5.41 Å². The summed E-state index contributed by atoms with van der Waals surface area (Å²) in [5.41, 5.74) is 4.78. The van der Waals surface area contributed by atoms with Gasteiger partial charge in [-0.05, 0) is 19.9 Å². The first-order valence-corrected chi connectivity index (χ1v) is 6.97. The molecule has 7 heteroatoms. The molecule has 106 valence electrons. The van der Waals surface area contributed by atoms with Gasteiger partial charge in [-0.2, -0.15) is 0 Å². The average Bonchev–Trinajstić information content (AvgIpc) is 2.84. The number of aliphatic carboxylic acids is 1. The summed E-state index contributed by atoms with van der Waals surface area (Å²) in [6.07, 6.45) is 1.08. The van der Waals surface area contributed by atoms with Gasteiger partial charge < -0.3 is 16.2 Å². The Balaban J connectivity index is 2.61. The Kier molecular flexibility index (Phi) is 5.44. The lowest BCUT2D eigenvalue weighted by molar-refractivity contribution is -0.147. The van der Waals surface area contributed by atoms with E-state index in [1.54, 1.807) is 19.2 Å². The van der Waals surface area contributed by atoms with E-state index in [9.17, 15) is 9.59 Å². The van der Waals surface area contributed by atoms with Crippen molar-refractivity contribution in [2.24, 2.45) is 11.1 Å². The predicted octanol–water partition coefficient (Wildman–Crippen LogP) is 0.875. The van der Waals surface area contributed by atoms with Gasteiger partial charge in [0.15, 0.2) is 0 Å². The Morgan fingerprint density at radius 1 is 1.58 bits per heavy atom. The molecular formula is C12H19N3O3S. The van der Waals surface area contributed by atoms with Crippen LogP contribution in [0.15, 0.2) is 5.38 Å². The van der Waals surface area contributed by atoms with Crippen molar-refractivity contribution in [3.63, 3.8) is 0 Å². The van der Waals surface area contributed by atoms with Crippen LogP contribution in [0.4, 0.5) is 0 Å². The molecule has 0 saturated heterocycles. The second kappa shape index (κ2) is 6.63. The molecule has 1 rings (SSSR count). The lowest BCUT2D eigenvalue weighted by atomic mass is 9.88. The molecule has 0 aliphatic heterocycles. The first-order chi connectivity index (χ1) is 8.92. The summed E-state index contributed by atoms with van der Waals surface area (Å²) in [6.45, 7) is 3.96. The summed E-state index contributed by atoms with van der Waals surface area (Å²) in [4.78, 5) is 27.1. The van der Waals surface area contributed by atoms with Crippen LogP contribution in [0.1, 0.15) is 35.8 Å². The number of carboxylic acids is 1. The number of nitrogens with zero attached hydrogens (tertiary/aromatic N) is 1. The molecule has 4 N–H and O–H groups in total. The first-order valence-electron chi connectivity index (χ1n) is 6.09. The molecule has 0 aliphatic carbocycles. The van der Waals surface area contributed by atoms with E-state index in [0.717, 1.165) is 5.01 Å². The molecule has 1 atom stereocenters. The van der Waals surface area contributed by atoms with E-state index in [1.165, 1.54) is 11.3 Å². The molecule has 0 radical (unpaired) electrons. The maximum Gasteiger partial charge on any atom is 0.311 e. The van der Waals surface area contributed by atoms with Crippen molar-refractivity contribution < 1.29 is 14.7 Å². The third-order valence-corrected chi connectivity index (χ3v) is 3.99. The van der Waals surface area contributed by atoms with E-state index >= 15 is 0 Å². The zero-order chi connectivity index (χ0) is 14.5. The molecule has 0 aromatic carbocycles. The fourth-order valence-electron chi connectivity index (χ4n) is 1.37. The summed E-state index contributed by atoms with van der Waals surface area (Å²) in [5.74, 6) is -1.27. The molecule has 0 fully saturated rings. The highest BCUT2D eigenvalue weighted by molar-refractivity contribution is 7.09. The number of aromatic nitrogens is 1. The molecule has 1 aromatic rings. The van der Waals surface area contributed by atoms with E-state index in [-0.39, 0.29) is 12.5 Å². The normalized spacial score (nSPS) is 13.8. The minimum atomic E-state index is -0.953. The highest BCUT2D eigenvalue weighted by Crippen LogP contribution is 2.20. The summed E-state index contributed by atoms with van der Waals surface area (Å²) in [7, 11) is 0. The number of carbonyl (C=O) groups is 2. The molecule has 1 heterocycles. The molecule has 1 aromatic heterocycles. The summed E-state index contributed by atoms with van der Waals surface area (Å²) in [6, 6.07) is 0. The third kappa shape index (κ3) is 4.00. The Morgan fingerprint density at radius 3 is 2.79 bits per heavy atom. The van der Waals surface area contributed by atoms with Crippen molar-refractivity contribution in [1.29, 1.82) is 0 Å². The Morgan fingerprint density at radius 2 is 2.26 bits per heavy atom. The molecule has 0 saturated carbocycles. The van der Waals surface area contributed by atoms with Crippen molar-refractivity contribution in [2.75, 3.05) is 13.1 Å². The van der Waals surface area contributed by atoms with Gasteiger partial charge in [-0.25, -0.2) is 4.98 Å². The van der Waals surface area contributed by atoms with Crippen LogP contribution >= 0.6 is 11.3 Å². The van der Waals surface area contributed by atoms with Crippen molar-refractivity contribution in [2.45, 2.75) is 26.7 Å². The van der Waals surface area contributed by atoms with Crippen LogP contribution in [0.3, 0.4) is 0 Å². The molecule has 0 spiro atoms. The van der Waals surface area contributed by atoms with E-state index in [4.69, 9.17) is 10.8 Å². The molecule has 6 nitrogen and oxygen atoms in total. The van der Waals surface area contributed by atoms with Gasteiger partial charge in [-0.15, -0.1) is 11.3 Å². The van der Waals surface area contributed by atoms with E-state index in [0.29, 0.717) is 25.1 Å². The summed E-state index contributed by atoms with van der Waals surface area (Å²) in [5, 5.41) is 14.2. The van der Waals surface area contributed by atoms with Crippen LogP contribution in [0.2, 0.25) is 0 Å². The monoisotopic (exact) mass is 285 g/mol. The van der Waals surface area contributed by atoms with Gasteiger partial charge in [0.2, 0.25) is 0 Å². The SMILES string of the molecule is CCC(C)(CNC(=O)c1csc(CCN)n1)C(=O)O. The van der Waals surface area contributed by atoms with Crippen LogP contribution in [0.25, 0.3) is 0 Å². The lowest BCUT2D eigenvalue weighted by Crippen LogP contribution is -2.40. The van der Waals surface area contributed by atoms with Crippen molar-refractivity contribution >= 4 is 23.2 Å². The molecule has 0 aliphatic rings. The van der Waals surface area contributed by atoms with Crippen LogP contribution < -0.4 is 11.1 Å². The van der Waals surface area contributed by atoms with Gasteiger partial charge in [0.1, 0.15) is 5.69 Å². The fraction of sp³-hybridized carbons (Fsp3) is 0.583. The second-order valence-corrected chi connectivity index (χ2v) is 5.51. The number of hydrogen-bond donors (Lipinski definition) is 3. The maximum atomic E-state index is 11.9. The van der Waals surface area contributed by atoms with Gasteiger partial charge in [0.25, 0.3) is 5.91 Å². The smallest absolute Gasteiger partial charge is 0.311 e. The molecular weight excluding hydrogens is 266 g/mol. The Hall–Kier alpha value is -1.47. The van der Waals surface area contributed by atoms with Crippen molar-refractivity contribution in [3.8, 4) is 0 Å². The van der Waals surface area contributed by atoms with Gasteiger partial charge in [0.05, 0.1) is 10.4 Å². The first kappa shape index (κ1) is 15.6. The largest absolute Gasteiger partial charge is 0.481 e. The van der Waals surface area contributed by atoms with Gasteiger partial charge >= 0.3 is 5.97 Å². The van der Waals surface area contributed by atoms with Crippen LogP contribution in [-0.4, -0.2) is 35.1 Å². The standard InChI is InChI=1S/C12H19N3O3S/c1-3-12(2,11(17)18)7-14-10(16)8-6-19-9(15-8)4-5-13/h6H,3-5,7,13H2,1-2H3,(H,14,16)(H,17,18). The number of amides is 1. The lowest BCUT2D eigenvalue weighted by Gasteiger charge is -2.22. The minimum Gasteiger partial charge on any atom is -0.481 e. The quantitative estimate of drug-likeness (QED) is 0.689. The zero-order valence-electron chi connectivity index (χ0n) is 11.1. The number of nitrogens with two attached hydrogens (primary N) is 1. The number of carboxylic acid groups (broad SMARTS) is 1. The fourth-order valence-corrected chi connectivity index (χ4v) is 2.17. The molecule has 1 unspecified atom stereocenters. The summed E-state index contributed by atoms with van der Waals surface area (Å²) >= 11 is 1.38. The molecule has 1 amide bonds. The number of hydrogen-bond acceptors (Lipinski definition) is 5. The highest BCUT2D eigenvalue weighted by atomic mass is 32.1. The topological polar surface area (TPSA) is 105 Å². The van der Waals surface area contributed by atoms with Gasteiger partial charge in [-0.3, -0.25) is 9.59 Å². The number of thiazole rings is 1. The summed E-state index contributed by atoms with van der Waals surface area (Å²) < 4.78 is 0. The van der Waals surface area contributed by atoms with E-state index < -0.39 is 11.4 Å². The van der Waals surface area contributed by atoms with Crippen molar-refractivity contribution in [1.82, 2.24) is 10.3 Å². The van der Waals surface area contributed by atoms with E-state index in [2.05, 4.69) is 10.3 Å². The second-order valence-electron chi connectivity index (χ2n) is 4.57. The van der Waals surface area contributed by atoms with Crippen molar-refractivity contribution in [3.05, 3.63) is 16.1 Å². The maximum absolute atomic E-state index is 11.9. The van der Waals surface area contributed by atoms with Crippen LogP contribution in [-0.2, 0) is 11.2 Å². The Labute approximate surface area is 116 Å². The Bertz CT molecular complexity index is 461. The number of rotatable bonds is 7. The number of carbonyl (C=O) groups excluding carboxylic acids is 1. The third-order valence-electron chi connectivity index (χ3n) is 3.08. The predicted molar refractivity (Wildman–Crippen MR) is 73.2 cm³/mol.